The van der Waals surface area contributed by atoms with E-state index < -0.39 is 10.0 Å². The maximum atomic E-state index is 12.6. The Hall–Kier alpha value is -0.920. The van der Waals surface area contributed by atoms with Gasteiger partial charge in [0.25, 0.3) is 10.0 Å². The summed E-state index contributed by atoms with van der Waals surface area (Å²) < 4.78 is 28.5. The number of imidazole rings is 1. The van der Waals surface area contributed by atoms with Gasteiger partial charge in [-0.2, -0.15) is 4.31 Å². The van der Waals surface area contributed by atoms with Crippen LogP contribution in [0.25, 0.3) is 0 Å². The van der Waals surface area contributed by atoms with Crippen molar-refractivity contribution < 1.29 is 8.42 Å². The van der Waals surface area contributed by atoms with Crippen molar-refractivity contribution in [1.82, 2.24) is 13.9 Å². The van der Waals surface area contributed by atoms with Crippen LogP contribution in [0.2, 0.25) is 0 Å². The molecule has 0 saturated carbocycles. The van der Waals surface area contributed by atoms with E-state index in [9.17, 15) is 8.42 Å². The molecule has 2 atom stereocenters. The Bertz CT molecular complexity index is 550. The SMILES string of the molecule is CC(N)C1CCCN(S(=O)(=O)c2cn(C(C)C)cn2)C1. The molecule has 2 rings (SSSR count). The van der Waals surface area contributed by atoms with Gasteiger partial charge in [-0.25, -0.2) is 13.4 Å². The summed E-state index contributed by atoms with van der Waals surface area (Å²) in [6.07, 6.45) is 5.03. The van der Waals surface area contributed by atoms with Crippen molar-refractivity contribution in [2.75, 3.05) is 13.1 Å². The molecule has 0 bridgehead atoms. The summed E-state index contributed by atoms with van der Waals surface area (Å²) in [5, 5.41) is 0.136. The topological polar surface area (TPSA) is 81.2 Å². The molecule has 1 aliphatic heterocycles. The Balaban J connectivity index is 2.20. The van der Waals surface area contributed by atoms with Crippen molar-refractivity contribution in [3.8, 4) is 0 Å². The molecule has 20 heavy (non-hydrogen) atoms. The van der Waals surface area contributed by atoms with Gasteiger partial charge in [0.1, 0.15) is 0 Å². The van der Waals surface area contributed by atoms with Crippen LogP contribution in [0.1, 0.15) is 39.7 Å². The average molecular weight is 300 g/mol. The van der Waals surface area contributed by atoms with Crippen molar-refractivity contribution >= 4 is 10.0 Å². The number of nitrogens with two attached hydrogens (primary N) is 1. The molecule has 1 aromatic rings. The molecule has 0 radical (unpaired) electrons. The van der Waals surface area contributed by atoms with Crippen molar-refractivity contribution in [1.29, 1.82) is 0 Å². The maximum absolute atomic E-state index is 12.6. The molecule has 1 fully saturated rings. The second-order valence-corrected chi connectivity index (χ2v) is 7.76. The minimum atomic E-state index is -3.50. The van der Waals surface area contributed by atoms with Gasteiger partial charge in [-0.05, 0) is 39.5 Å². The van der Waals surface area contributed by atoms with Gasteiger partial charge < -0.3 is 10.3 Å². The van der Waals surface area contributed by atoms with Gasteiger partial charge in [0.15, 0.2) is 5.03 Å². The summed E-state index contributed by atoms with van der Waals surface area (Å²) in [6.45, 7) is 6.97. The number of sulfonamides is 1. The Morgan fingerprint density at radius 1 is 1.40 bits per heavy atom. The van der Waals surface area contributed by atoms with Crippen LogP contribution < -0.4 is 5.73 Å². The Morgan fingerprint density at radius 2 is 2.10 bits per heavy atom. The van der Waals surface area contributed by atoms with Crippen molar-refractivity contribution in [2.24, 2.45) is 11.7 Å². The van der Waals surface area contributed by atoms with Gasteiger partial charge in [-0.1, -0.05) is 0 Å². The second kappa shape index (κ2) is 5.83. The van der Waals surface area contributed by atoms with E-state index >= 15 is 0 Å². The predicted molar refractivity (Wildman–Crippen MR) is 77.7 cm³/mol. The molecule has 2 N–H and O–H groups in total. The van der Waals surface area contributed by atoms with Crippen LogP contribution in [0, 0.1) is 5.92 Å². The maximum Gasteiger partial charge on any atom is 0.262 e. The first-order chi connectivity index (χ1) is 9.32. The highest BCUT2D eigenvalue weighted by Gasteiger charge is 2.32. The zero-order valence-electron chi connectivity index (χ0n) is 12.4. The number of rotatable bonds is 4. The molecule has 0 amide bonds. The van der Waals surface area contributed by atoms with E-state index in [4.69, 9.17) is 5.73 Å². The molecule has 1 saturated heterocycles. The zero-order valence-corrected chi connectivity index (χ0v) is 13.2. The highest BCUT2D eigenvalue weighted by molar-refractivity contribution is 7.89. The molecule has 0 aliphatic carbocycles. The van der Waals surface area contributed by atoms with Gasteiger partial charge in [0, 0.05) is 31.4 Å². The van der Waals surface area contributed by atoms with Crippen molar-refractivity contribution in [2.45, 2.75) is 50.7 Å². The van der Waals surface area contributed by atoms with Crippen LogP contribution in [-0.4, -0.2) is 41.4 Å². The van der Waals surface area contributed by atoms with E-state index in [1.165, 1.54) is 4.31 Å². The van der Waals surface area contributed by atoms with Crippen molar-refractivity contribution in [3.05, 3.63) is 12.5 Å². The third-order valence-electron chi connectivity index (χ3n) is 3.94. The molecule has 1 aliphatic rings. The molecule has 114 valence electrons. The fourth-order valence-corrected chi connectivity index (χ4v) is 3.94. The highest BCUT2D eigenvalue weighted by atomic mass is 32.2. The molecule has 0 spiro atoms. The third-order valence-corrected chi connectivity index (χ3v) is 5.69. The number of hydrogen-bond acceptors (Lipinski definition) is 4. The summed E-state index contributed by atoms with van der Waals surface area (Å²) >= 11 is 0. The highest BCUT2D eigenvalue weighted by Crippen LogP contribution is 2.24. The van der Waals surface area contributed by atoms with Gasteiger partial charge in [-0.15, -0.1) is 0 Å². The molecule has 2 unspecified atom stereocenters. The normalized spacial score (nSPS) is 23.1. The molecule has 0 aromatic carbocycles. The smallest absolute Gasteiger partial charge is 0.262 e. The molecule has 2 heterocycles. The van der Waals surface area contributed by atoms with Gasteiger partial charge >= 0.3 is 0 Å². The van der Waals surface area contributed by atoms with Crippen LogP contribution in [-0.2, 0) is 10.0 Å². The molecule has 6 nitrogen and oxygen atoms in total. The lowest BCUT2D eigenvalue weighted by Gasteiger charge is -2.33. The summed E-state index contributed by atoms with van der Waals surface area (Å²) in [7, 11) is -3.50. The van der Waals surface area contributed by atoms with E-state index in [1.54, 1.807) is 17.1 Å². The molecular formula is C13H24N4O2S. The van der Waals surface area contributed by atoms with Crippen molar-refractivity contribution in [3.63, 3.8) is 0 Å². The first-order valence-corrected chi connectivity index (χ1v) is 8.55. The quantitative estimate of drug-likeness (QED) is 0.906. The Labute approximate surface area is 121 Å². The molecular weight excluding hydrogens is 276 g/mol. The largest absolute Gasteiger partial charge is 0.334 e. The Morgan fingerprint density at radius 3 is 2.65 bits per heavy atom. The van der Waals surface area contributed by atoms with Gasteiger partial charge in [-0.3, -0.25) is 0 Å². The van der Waals surface area contributed by atoms with E-state index in [0.717, 1.165) is 12.8 Å². The van der Waals surface area contributed by atoms with E-state index in [0.29, 0.717) is 13.1 Å². The van der Waals surface area contributed by atoms with Crippen LogP contribution in [0.4, 0.5) is 0 Å². The third kappa shape index (κ3) is 3.05. The Kier molecular flexibility index (Phi) is 4.51. The standard InChI is InChI=1S/C13H24N4O2S/c1-10(2)16-8-13(15-9-16)20(18,19)17-6-4-5-12(7-17)11(3)14/h8-12H,4-7,14H2,1-3H3. The second-order valence-electron chi connectivity index (χ2n) is 5.88. The summed E-state index contributed by atoms with van der Waals surface area (Å²) in [5.74, 6) is 0.228. The van der Waals surface area contributed by atoms with Gasteiger partial charge in [0.05, 0.1) is 6.33 Å². The lowest BCUT2D eigenvalue weighted by Crippen LogP contribution is -2.45. The van der Waals surface area contributed by atoms with Crippen LogP contribution >= 0.6 is 0 Å². The average Bonchev–Trinajstić information content (AvgIpc) is 2.89. The summed E-state index contributed by atoms with van der Waals surface area (Å²) in [5.41, 5.74) is 5.91. The molecule has 1 aromatic heterocycles. The number of piperidine rings is 1. The number of nitrogens with zero attached hydrogens (tertiary/aromatic N) is 3. The monoisotopic (exact) mass is 300 g/mol. The lowest BCUT2D eigenvalue weighted by atomic mass is 9.93. The first kappa shape index (κ1) is 15.5. The summed E-state index contributed by atoms with van der Waals surface area (Å²) in [4.78, 5) is 4.06. The minimum Gasteiger partial charge on any atom is -0.334 e. The zero-order chi connectivity index (χ0) is 14.9. The van der Waals surface area contributed by atoms with E-state index in [2.05, 4.69) is 4.98 Å². The fourth-order valence-electron chi connectivity index (χ4n) is 2.49. The molecule has 7 heteroatoms. The van der Waals surface area contributed by atoms with Crippen LogP contribution in [0.5, 0.6) is 0 Å². The van der Waals surface area contributed by atoms with Crippen LogP contribution in [0.15, 0.2) is 17.6 Å². The fraction of sp³-hybridized carbons (Fsp3) is 0.769. The lowest BCUT2D eigenvalue weighted by molar-refractivity contribution is 0.242. The van der Waals surface area contributed by atoms with Gasteiger partial charge in [0.2, 0.25) is 0 Å². The first-order valence-electron chi connectivity index (χ1n) is 7.11. The minimum absolute atomic E-state index is 0.0150. The van der Waals surface area contributed by atoms with E-state index in [-0.39, 0.29) is 23.0 Å². The van der Waals surface area contributed by atoms with Crippen LogP contribution in [0.3, 0.4) is 0 Å². The number of aromatic nitrogens is 2. The number of hydrogen-bond donors (Lipinski definition) is 1. The van der Waals surface area contributed by atoms with E-state index in [1.807, 2.05) is 20.8 Å². The summed E-state index contributed by atoms with van der Waals surface area (Å²) in [6, 6.07) is 0.214. The predicted octanol–water partition coefficient (Wildman–Crippen LogP) is 1.21.